The third kappa shape index (κ3) is 3.79. The van der Waals surface area contributed by atoms with E-state index in [9.17, 15) is 23.3 Å². The molecule has 0 unspecified atom stereocenters. The van der Waals surface area contributed by atoms with Crippen LogP contribution in [0.3, 0.4) is 0 Å². The second-order valence-electron chi connectivity index (χ2n) is 3.79. The number of hydrogen-bond acceptors (Lipinski definition) is 4. The zero-order chi connectivity index (χ0) is 13.9. The van der Waals surface area contributed by atoms with E-state index < -0.39 is 17.5 Å². The molecule has 5 nitrogen and oxygen atoms in total. The van der Waals surface area contributed by atoms with Gasteiger partial charge in [-0.15, -0.1) is 0 Å². The number of nitrogen functional groups attached to an aromatic ring is 1. The van der Waals surface area contributed by atoms with Crippen LogP contribution in [0.2, 0.25) is 0 Å². The predicted molar refractivity (Wildman–Crippen MR) is 61.5 cm³/mol. The fraction of sp³-hybridized carbons (Fsp3) is 0.400. The van der Waals surface area contributed by atoms with Gasteiger partial charge in [0.25, 0.3) is 5.69 Å². The molecule has 0 aromatic heterocycles. The van der Waals surface area contributed by atoms with Crippen LogP contribution in [0.4, 0.5) is 30.2 Å². The van der Waals surface area contributed by atoms with Crippen molar-refractivity contribution in [2.75, 3.05) is 24.2 Å². The Morgan fingerprint density at radius 2 is 2.06 bits per heavy atom. The Hall–Kier alpha value is -1.99. The zero-order valence-corrected chi connectivity index (χ0v) is 9.57. The number of nitrogens with two attached hydrogens (primary N) is 1. The minimum absolute atomic E-state index is 0.0728. The highest BCUT2D eigenvalue weighted by Crippen LogP contribution is 2.27. The maximum atomic E-state index is 12.0. The Labute approximate surface area is 101 Å². The number of rotatable bonds is 4. The van der Waals surface area contributed by atoms with Gasteiger partial charge < -0.3 is 10.6 Å². The molecule has 0 amide bonds. The fourth-order valence-corrected chi connectivity index (χ4v) is 1.37. The van der Waals surface area contributed by atoms with E-state index in [1.54, 1.807) is 0 Å². The summed E-state index contributed by atoms with van der Waals surface area (Å²) in [7, 11) is 1.46. The van der Waals surface area contributed by atoms with Gasteiger partial charge in [-0.2, -0.15) is 13.2 Å². The number of halogens is 3. The molecule has 0 bridgehead atoms. The minimum Gasteiger partial charge on any atom is -0.393 e. The lowest BCUT2D eigenvalue weighted by Gasteiger charge is -2.20. The molecule has 0 saturated carbocycles. The second kappa shape index (κ2) is 5.11. The molecule has 1 aromatic rings. The number of benzene rings is 1. The molecule has 1 rings (SSSR count). The first-order valence-electron chi connectivity index (χ1n) is 5.02. The molecule has 0 heterocycles. The van der Waals surface area contributed by atoms with Crippen LogP contribution in [-0.2, 0) is 0 Å². The van der Waals surface area contributed by atoms with Gasteiger partial charge >= 0.3 is 6.18 Å². The van der Waals surface area contributed by atoms with Gasteiger partial charge in [0.05, 0.1) is 11.3 Å². The average Bonchev–Trinajstić information content (AvgIpc) is 2.24. The van der Waals surface area contributed by atoms with Crippen LogP contribution >= 0.6 is 0 Å². The molecule has 0 aliphatic carbocycles. The van der Waals surface area contributed by atoms with Crippen molar-refractivity contribution in [1.82, 2.24) is 0 Å². The average molecular weight is 263 g/mol. The van der Waals surface area contributed by atoms with Crippen molar-refractivity contribution in [3.63, 3.8) is 0 Å². The maximum absolute atomic E-state index is 12.0. The lowest BCUT2D eigenvalue weighted by molar-refractivity contribution is -0.383. The van der Waals surface area contributed by atoms with Crippen LogP contribution in [-0.4, -0.2) is 24.7 Å². The molecule has 0 aliphatic heterocycles. The molecule has 2 N–H and O–H groups in total. The number of alkyl halides is 3. The van der Waals surface area contributed by atoms with Gasteiger partial charge in [0.2, 0.25) is 0 Å². The Kier molecular flexibility index (Phi) is 4.00. The van der Waals surface area contributed by atoms with E-state index in [4.69, 9.17) is 5.73 Å². The number of nitro groups is 1. The van der Waals surface area contributed by atoms with Crippen molar-refractivity contribution in [2.24, 2.45) is 0 Å². The Balaban J connectivity index is 2.78. The van der Waals surface area contributed by atoms with Crippen molar-refractivity contribution in [3.8, 4) is 0 Å². The summed E-state index contributed by atoms with van der Waals surface area (Å²) in [5.41, 5.74) is 5.52. The van der Waals surface area contributed by atoms with Crippen molar-refractivity contribution in [1.29, 1.82) is 0 Å². The van der Waals surface area contributed by atoms with Gasteiger partial charge in [-0.3, -0.25) is 10.1 Å². The Morgan fingerprint density at radius 1 is 1.44 bits per heavy atom. The molecule has 0 radical (unpaired) electrons. The topological polar surface area (TPSA) is 72.4 Å². The molecule has 0 saturated heterocycles. The van der Waals surface area contributed by atoms with E-state index in [1.165, 1.54) is 30.1 Å². The van der Waals surface area contributed by atoms with Crippen molar-refractivity contribution >= 4 is 17.1 Å². The first kappa shape index (κ1) is 14.1. The minimum atomic E-state index is -4.24. The highest BCUT2D eigenvalue weighted by Gasteiger charge is 2.27. The molecule has 1 aromatic carbocycles. The second-order valence-corrected chi connectivity index (χ2v) is 3.79. The van der Waals surface area contributed by atoms with Crippen LogP contribution in [0, 0.1) is 10.1 Å². The number of hydrogen-bond donors (Lipinski definition) is 1. The highest BCUT2D eigenvalue weighted by molar-refractivity contribution is 5.66. The first-order valence-corrected chi connectivity index (χ1v) is 5.02. The number of nitrogens with zero attached hydrogens (tertiary/aromatic N) is 2. The highest BCUT2D eigenvalue weighted by atomic mass is 19.4. The SMILES string of the molecule is CN(CCC(F)(F)F)c1ccc([N+](=O)[O-])c(N)c1. The van der Waals surface area contributed by atoms with Crippen LogP contribution in [0.5, 0.6) is 0 Å². The summed E-state index contributed by atoms with van der Waals surface area (Å²) in [6.45, 7) is -0.235. The smallest absolute Gasteiger partial charge is 0.390 e. The van der Waals surface area contributed by atoms with Crippen LogP contribution < -0.4 is 10.6 Å². The molecular weight excluding hydrogens is 251 g/mol. The standard InChI is InChI=1S/C10H12F3N3O2/c1-15(5-4-10(11,12)13)7-2-3-9(16(17)18)8(14)6-7/h2-3,6H,4-5,14H2,1H3. The summed E-state index contributed by atoms with van der Waals surface area (Å²) in [6, 6.07) is 3.83. The van der Waals surface area contributed by atoms with Gasteiger partial charge in [0, 0.05) is 25.3 Å². The van der Waals surface area contributed by atoms with E-state index >= 15 is 0 Å². The summed E-state index contributed by atoms with van der Waals surface area (Å²) in [5.74, 6) is 0. The van der Waals surface area contributed by atoms with Crippen LogP contribution in [0.1, 0.15) is 6.42 Å². The van der Waals surface area contributed by atoms with Gasteiger partial charge in [0.15, 0.2) is 0 Å². The third-order valence-corrected chi connectivity index (χ3v) is 2.38. The summed E-state index contributed by atoms with van der Waals surface area (Å²) >= 11 is 0. The summed E-state index contributed by atoms with van der Waals surface area (Å²) in [6.07, 6.45) is -5.19. The molecule has 0 atom stereocenters. The van der Waals surface area contributed by atoms with Crippen LogP contribution in [0.25, 0.3) is 0 Å². The number of nitro benzene ring substituents is 1. The maximum Gasteiger partial charge on any atom is 0.390 e. The summed E-state index contributed by atoms with van der Waals surface area (Å²) in [4.78, 5) is 11.2. The molecule has 0 fully saturated rings. The molecule has 18 heavy (non-hydrogen) atoms. The van der Waals surface area contributed by atoms with Crippen LogP contribution in [0.15, 0.2) is 18.2 Å². The first-order chi connectivity index (χ1) is 8.20. The predicted octanol–water partition coefficient (Wildman–Crippen LogP) is 2.57. The van der Waals surface area contributed by atoms with E-state index in [1.807, 2.05) is 0 Å². The quantitative estimate of drug-likeness (QED) is 0.514. The van der Waals surface area contributed by atoms with Crippen molar-refractivity contribution in [3.05, 3.63) is 28.3 Å². The Morgan fingerprint density at radius 3 is 2.50 bits per heavy atom. The molecule has 8 heteroatoms. The van der Waals surface area contributed by atoms with Gasteiger partial charge in [-0.1, -0.05) is 0 Å². The number of anilines is 2. The third-order valence-electron chi connectivity index (χ3n) is 2.38. The van der Waals surface area contributed by atoms with Gasteiger partial charge in [-0.05, 0) is 12.1 Å². The molecular formula is C10H12F3N3O2. The Bertz CT molecular complexity index is 448. The van der Waals surface area contributed by atoms with E-state index in [0.717, 1.165) is 0 Å². The van der Waals surface area contributed by atoms with Crippen molar-refractivity contribution in [2.45, 2.75) is 12.6 Å². The molecule has 0 aliphatic rings. The van der Waals surface area contributed by atoms with Crippen molar-refractivity contribution < 1.29 is 18.1 Å². The van der Waals surface area contributed by atoms with E-state index in [0.29, 0.717) is 5.69 Å². The van der Waals surface area contributed by atoms with Gasteiger partial charge in [-0.25, -0.2) is 0 Å². The lowest BCUT2D eigenvalue weighted by atomic mass is 10.2. The normalized spacial score (nSPS) is 11.3. The lowest BCUT2D eigenvalue weighted by Crippen LogP contribution is -2.24. The summed E-state index contributed by atoms with van der Waals surface area (Å²) < 4.78 is 36.1. The monoisotopic (exact) mass is 263 g/mol. The van der Waals surface area contributed by atoms with E-state index in [-0.39, 0.29) is 17.9 Å². The van der Waals surface area contributed by atoms with E-state index in [2.05, 4.69) is 0 Å². The molecule has 100 valence electrons. The van der Waals surface area contributed by atoms with Gasteiger partial charge in [0.1, 0.15) is 5.69 Å². The molecule has 0 spiro atoms. The largest absolute Gasteiger partial charge is 0.393 e. The summed E-state index contributed by atoms with van der Waals surface area (Å²) in [5, 5.41) is 10.5. The fourth-order valence-electron chi connectivity index (χ4n) is 1.37. The zero-order valence-electron chi connectivity index (χ0n) is 9.57.